The van der Waals surface area contributed by atoms with Gasteiger partial charge in [0.2, 0.25) is 5.95 Å². The molecule has 0 atom stereocenters. The van der Waals surface area contributed by atoms with Gasteiger partial charge in [-0.1, -0.05) is 12.1 Å². The molecule has 0 radical (unpaired) electrons. The number of para-hydroxylation sites is 2. The Hall–Kier alpha value is -3.16. The molecule has 2 amide bonds. The van der Waals surface area contributed by atoms with E-state index in [1.165, 1.54) is 7.11 Å². The summed E-state index contributed by atoms with van der Waals surface area (Å²) >= 11 is 0. The Kier molecular flexibility index (Phi) is 6.19. The highest BCUT2D eigenvalue weighted by Gasteiger charge is 2.22. The Morgan fingerprint density at radius 2 is 1.81 bits per heavy atom. The molecular formula is C19H23N5O3. The lowest BCUT2D eigenvalue weighted by Crippen LogP contribution is -2.42. The number of benzene rings is 1. The molecule has 8 nitrogen and oxygen atoms in total. The molecule has 0 bridgehead atoms. The maximum absolute atomic E-state index is 12.1. The zero-order valence-electron chi connectivity index (χ0n) is 15.2. The van der Waals surface area contributed by atoms with Crippen molar-refractivity contribution < 1.29 is 14.3 Å². The molecule has 2 aromatic rings. The van der Waals surface area contributed by atoms with Gasteiger partial charge in [0.1, 0.15) is 5.75 Å². The molecular weight excluding hydrogens is 346 g/mol. The van der Waals surface area contributed by atoms with Crippen molar-refractivity contribution in [3.05, 3.63) is 42.7 Å². The number of rotatable bonds is 5. The van der Waals surface area contributed by atoms with Crippen molar-refractivity contribution in [2.45, 2.75) is 12.8 Å². The van der Waals surface area contributed by atoms with E-state index in [9.17, 15) is 9.59 Å². The second kappa shape index (κ2) is 8.98. The second-order valence-corrected chi connectivity index (χ2v) is 6.34. The first-order valence-electron chi connectivity index (χ1n) is 8.91. The average molecular weight is 369 g/mol. The summed E-state index contributed by atoms with van der Waals surface area (Å²) in [6.45, 7) is 2.14. The van der Waals surface area contributed by atoms with Crippen molar-refractivity contribution in [1.82, 2.24) is 15.3 Å². The van der Waals surface area contributed by atoms with E-state index < -0.39 is 11.8 Å². The molecule has 1 aromatic heterocycles. The number of methoxy groups -OCH3 is 1. The molecule has 1 aliphatic rings. The number of nitrogens with one attached hydrogen (secondary N) is 2. The highest BCUT2D eigenvalue weighted by molar-refractivity contribution is 6.39. The number of anilines is 2. The summed E-state index contributed by atoms with van der Waals surface area (Å²) in [7, 11) is 1.51. The van der Waals surface area contributed by atoms with Gasteiger partial charge in [-0.05, 0) is 37.0 Å². The molecule has 0 aliphatic carbocycles. The monoisotopic (exact) mass is 369 g/mol. The maximum Gasteiger partial charge on any atom is 0.313 e. The van der Waals surface area contributed by atoms with Crippen LogP contribution in [-0.2, 0) is 9.59 Å². The van der Waals surface area contributed by atoms with Crippen LogP contribution in [0.25, 0.3) is 0 Å². The summed E-state index contributed by atoms with van der Waals surface area (Å²) in [6, 6.07) is 8.76. The number of ether oxygens (including phenoxy) is 1. The molecule has 3 rings (SSSR count). The number of aromatic nitrogens is 2. The van der Waals surface area contributed by atoms with Gasteiger partial charge in [0, 0.05) is 32.0 Å². The van der Waals surface area contributed by atoms with Crippen molar-refractivity contribution in [3.63, 3.8) is 0 Å². The van der Waals surface area contributed by atoms with Gasteiger partial charge in [-0.3, -0.25) is 9.59 Å². The molecule has 0 unspecified atom stereocenters. The fraction of sp³-hybridized carbons (Fsp3) is 0.368. The Labute approximate surface area is 158 Å². The lowest BCUT2D eigenvalue weighted by atomic mass is 9.97. The lowest BCUT2D eigenvalue weighted by Gasteiger charge is -2.31. The van der Waals surface area contributed by atoms with E-state index >= 15 is 0 Å². The normalized spacial score (nSPS) is 14.5. The molecule has 142 valence electrons. The summed E-state index contributed by atoms with van der Waals surface area (Å²) in [6.07, 6.45) is 5.28. The molecule has 1 aliphatic heterocycles. The van der Waals surface area contributed by atoms with E-state index in [1.807, 2.05) is 0 Å². The molecule has 1 aromatic carbocycles. The summed E-state index contributed by atoms with van der Waals surface area (Å²) < 4.78 is 5.17. The third kappa shape index (κ3) is 4.93. The Bertz CT molecular complexity index is 776. The number of amides is 2. The van der Waals surface area contributed by atoms with Crippen LogP contribution < -0.4 is 20.3 Å². The summed E-state index contributed by atoms with van der Waals surface area (Å²) in [5, 5.41) is 5.30. The van der Waals surface area contributed by atoms with Gasteiger partial charge in [-0.2, -0.15) is 0 Å². The van der Waals surface area contributed by atoms with Crippen molar-refractivity contribution in [2.24, 2.45) is 5.92 Å². The van der Waals surface area contributed by atoms with Gasteiger partial charge in [-0.15, -0.1) is 0 Å². The minimum absolute atomic E-state index is 0.327. The fourth-order valence-electron chi connectivity index (χ4n) is 3.04. The molecule has 2 N–H and O–H groups in total. The minimum atomic E-state index is -0.699. The van der Waals surface area contributed by atoms with Crippen LogP contribution in [0.15, 0.2) is 42.7 Å². The number of hydrogen-bond acceptors (Lipinski definition) is 6. The number of piperidine rings is 1. The lowest BCUT2D eigenvalue weighted by molar-refractivity contribution is -0.136. The molecule has 27 heavy (non-hydrogen) atoms. The zero-order valence-corrected chi connectivity index (χ0v) is 15.2. The quantitative estimate of drug-likeness (QED) is 0.775. The van der Waals surface area contributed by atoms with E-state index in [-0.39, 0.29) is 0 Å². The summed E-state index contributed by atoms with van der Waals surface area (Å²) in [4.78, 5) is 34.8. The number of carbonyl (C=O) groups is 2. The SMILES string of the molecule is COc1ccccc1NC(=O)C(=O)NCC1CCN(c2ncccn2)CC1. The average Bonchev–Trinajstić information content (AvgIpc) is 2.73. The van der Waals surface area contributed by atoms with Gasteiger partial charge < -0.3 is 20.3 Å². The molecule has 1 fully saturated rings. The minimum Gasteiger partial charge on any atom is -0.495 e. The first kappa shape index (κ1) is 18.6. The van der Waals surface area contributed by atoms with Crippen molar-refractivity contribution >= 4 is 23.5 Å². The fourth-order valence-corrected chi connectivity index (χ4v) is 3.04. The number of carbonyl (C=O) groups excluding carboxylic acids is 2. The van der Waals surface area contributed by atoms with Crippen molar-refractivity contribution in [3.8, 4) is 5.75 Å². The first-order valence-corrected chi connectivity index (χ1v) is 8.91. The Morgan fingerprint density at radius 3 is 2.52 bits per heavy atom. The van der Waals surface area contributed by atoms with E-state index in [1.54, 1.807) is 42.7 Å². The van der Waals surface area contributed by atoms with Crippen LogP contribution in [0.3, 0.4) is 0 Å². The van der Waals surface area contributed by atoms with Crippen LogP contribution in [0.4, 0.5) is 11.6 Å². The first-order chi connectivity index (χ1) is 13.2. The third-order valence-corrected chi connectivity index (χ3v) is 4.56. The Balaban J connectivity index is 1.43. The van der Waals surface area contributed by atoms with Gasteiger partial charge in [0.25, 0.3) is 0 Å². The third-order valence-electron chi connectivity index (χ3n) is 4.56. The standard InChI is InChI=1S/C19H23N5O3/c1-27-16-6-3-2-5-15(16)23-18(26)17(25)22-13-14-7-11-24(12-8-14)19-20-9-4-10-21-19/h2-6,9-10,14H,7-8,11-13H2,1H3,(H,22,25)(H,23,26). The van der Waals surface area contributed by atoms with E-state index in [2.05, 4.69) is 25.5 Å². The van der Waals surface area contributed by atoms with Gasteiger partial charge in [0.15, 0.2) is 0 Å². The number of hydrogen-bond donors (Lipinski definition) is 2. The van der Waals surface area contributed by atoms with Crippen LogP contribution in [0.1, 0.15) is 12.8 Å². The van der Waals surface area contributed by atoms with Crippen LogP contribution in [0.2, 0.25) is 0 Å². The highest BCUT2D eigenvalue weighted by atomic mass is 16.5. The molecule has 0 saturated carbocycles. The van der Waals surface area contributed by atoms with Gasteiger partial charge >= 0.3 is 11.8 Å². The summed E-state index contributed by atoms with van der Waals surface area (Å²) in [5.74, 6) is 0.225. The van der Waals surface area contributed by atoms with Gasteiger partial charge in [-0.25, -0.2) is 9.97 Å². The second-order valence-electron chi connectivity index (χ2n) is 6.34. The van der Waals surface area contributed by atoms with Gasteiger partial charge in [0.05, 0.1) is 12.8 Å². The molecule has 0 spiro atoms. The number of nitrogens with zero attached hydrogens (tertiary/aromatic N) is 3. The smallest absolute Gasteiger partial charge is 0.313 e. The van der Waals surface area contributed by atoms with Crippen LogP contribution in [0, 0.1) is 5.92 Å². The molecule has 1 saturated heterocycles. The largest absolute Gasteiger partial charge is 0.495 e. The Morgan fingerprint density at radius 1 is 1.11 bits per heavy atom. The van der Waals surface area contributed by atoms with E-state index in [0.717, 1.165) is 31.9 Å². The predicted octanol–water partition coefficient (Wildman–Crippen LogP) is 1.46. The van der Waals surface area contributed by atoms with Crippen molar-refractivity contribution in [2.75, 3.05) is 37.0 Å². The predicted molar refractivity (Wildman–Crippen MR) is 102 cm³/mol. The molecule has 8 heteroatoms. The van der Waals surface area contributed by atoms with E-state index in [0.29, 0.717) is 23.9 Å². The summed E-state index contributed by atoms with van der Waals surface area (Å²) in [5.41, 5.74) is 0.469. The van der Waals surface area contributed by atoms with Crippen LogP contribution in [0.5, 0.6) is 5.75 Å². The topological polar surface area (TPSA) is 96.4 Å². The highest BCUT2D eigenvalue weighted by Crippen LogP contribution is 2.23. The molecule has 2 heterocycles. The van der Waals surface area contributed by atoms with Crippen LogP contribution in [-0.4, -0.2) is 48.5 Å². The zero-order chi connectivity index (χ0) is 19.1. The van der Waals surface area contributed by atoms with Crippen LogP contribution >= 0.6 is 0 Å². The van der Waals surface area contributed by atoms with E-state index in [4.69, 9.17) is 4.74 Å². The van der Waals surface area contributed by atoms with Crippen molar-refractivity contribution in [1.29, 1.82) is 0 Å². The maximum atomic E-state index is 12.1.